The van der Waals surface area contributed by atoms with Crippen LogP contribution >= 0.6 is 0 Å². The van der Waals surface area contributed by atoms with Gasteiger partial charge in [-0.3, -0.25) is 9.59 Å². The largest absolute Gasteiger partial charge is 0.483 e. The van der Waals surface area contributed by atoms with Crippen LogP contribution in [0.15, 0.2) is 72.8 Å². The summed E-state index contributed by atoms with van der Waals surface area (Å²) in [5, 5.41) is 3.01. The summed E-state index contributed by atoms with van der Waals surface area (Å²) in [5.41, 5.74) is 3.26. The SMILES string of the molecule is CC[C@@H](C)NC(=O)[C@H](Cc1ccccc1)N(Cc1ccccc1F)C(=O)COc1ccc(C)cc1C. The van der Waals surface area contributed by atoms with Crippen molar-refractivity contribution in [1.82, 2.24) is 10.2 Å². The number of hydrogen-bond donors (Lipinski definition) is 1. The maximum Gasteiger partial charge on any atom is 0.261 e. The second-order valence-electron chi connectivity index (χ2n) is 9.19. The molecule has 0 aliphatic rings. The van der Waals surface area contributed by atoms with E-state index in [0.29, 0.717) is 17.7 Å². The van der Waals surface area contributed by atoms with E-state index >= 15 is 0 Å². The Morgan fingerprint density at radius 3 is 2.36 bits per heavy atom. The summed E-state index contributed by atoms with van der Waals surface area (Å²) >= 11 is 0. The number of aryl methyl sites for hydroxylation is 2. The van der Waals surface area contributed by atoms with Gasteiger partial charge in [0.1, 0.15) is 17.6 Å². The topological polar surface area (TPSA) is 58.6 Å². The van der Waals surface area contributed by atoms with Crippen LogP contribution in [-0.4, -0.2) is 35.4 Å². The van der Waals surface area contributed by atoms with Crippen molar-refractivity contribution >= 4 is 11.8 Å². The average Bonchev–Trinajstić information content (AvgIpc) is 2.87. The van der Waals surface area contributed by atoms with Gasteiger partial charge in [0.15, 0.2) is 6.61 Å². The molecular weight excluding hydrogens is 455 g/mol. The van der Waals surface area contributed by atoms with Crippen molar-refractivity contribution in [2.24, 2.45) is 0 Å². The molecule has 0 heterocycles. The van der Waals surface area contributed by atoms with Gasteiger partial charge in [0.2, 0.25) is 5.91 Å². The summed E-state index contributed by atoms with van der Waals surface area (Å²) in [7, 11) is 0. The van der Waals surface area contributed by atoms with E-state index in [4.69, 9.17) is 4.74 Å². The molecule has 0 aliphatic carbocycles. The third-order valence-electron chi connectivity index (χ3n) is 6.25. The van der Waals surface area contributed by atoms with E-state index in [2.05, 4.69) is 5.32 Å². The molecule has 1 N–H and O–H groups in total. The van der Waals surface area contributed by atoms with Crippen LogP contribution in [0, 0.1) is 19.7 Å². The fraction of sp³-hybridized carbons (Fsp3) is 0.333. The Labute approximate surface area is 213 Å². The summed E-state index contributed by atoms with van der Waals surface area (Å²) < 4.78 is 20.5. The van der Waals surface area contributed by atoms with Gasteiger partial charge in [-0.15, -0.1) is 0 Å². The van der Waals surface area contributed by atoms with Crippen LogP contribution in [0.1, 0.15) is 42.5 Å². The zero-order valence-electron chi connectivity index (χ0n) is 21.5. The number of ether oxygens (including phenoxy) is 1. The molecule has 190 valence electrons. The predicted molar refractivity (Wildman–Crippen MR) is 140 cm³/mol. The Hall–Kier alpha value is -3.67. The molecule has 36 heavy (non-hydrogen) atoms. The minimum absolute atomic E-state index is 0.0484. The molecule has 0 saturated carbocycles. The van der Waals surface area contributed by atoms with E-state index in [0.717, 1.165) is 23.1 Å². The van der Waals surface area contributed by atoms with Gasteiger partial charge in [-0.05, 0) is 50.5 Å². The normalized spacial score (nSPS) is 12.5. The highest BCUT2D eigenvalue weighted by molar-refractivity contribution is 5.88. The van der Waals surface area contributed by atoms with E-state index in [1.54, 1.807) is 18.2 Å². The molecule has 0 bridgehead atoms. The smallest absolute Gasteiger partial charge is 0.261 e. The first-order chi connectivity index (χ1) is 17.3. The monoisotopic (exact) mass is 490 g/mol. The van der Waals surface area contributed by atoms with E-state index in [1.165, 1.54) is 11.0 Å². The zero-order valence-corrected chi connectivity index (χ0v) is 21.5. The number of hydrogen-bond acceptors (Lipinski definition) is 3. The number of nitrogens with one attached hydrogen (secondary N) is 1. The van der Waals surface area contributed by atoms with Gasteiger partial charge in [-0.1, -0.05) is 73.2 Å². The first kappa shape index (κ1) is 26.9. The first-order valence-corrected chi connectivity index (χ1v) is 12.4. The van der Waals surface area contributed by atoms with Crippen molar-refractivity contribution < 1.29 is 18.7 Å². The highest BCUT2D eigenvalue weighted by Crippen LogP contribution is 2.21. The van der Waals surface area contributed by atoms with Crippen LogP contribution in [0.4, 0.5) is 4.39 Å². The summed E-state index contributed by atoms with van der Waals surface area (Å²) in [5.74, 6) is -0.488. The van der Waals surface area contributed by atoms with Crippen LogP contribution in [0.3, 0.4) is 0 Å². The number of nitrogens with zero attached hydrogens (tertiary/aromatic N) is 1. The van der Waals surface area contributed by atoms with Gasteiger partial charge in [-0.25, -0.2) is 4.39 Å². The number of benzene rings is 3. The van der Waals surface area contributed by atoms with Gasteiger partial charge in [0, 0.05) is 24.6 Å². The zero-order chi connectivity index (χ0) is 26.1. The third kappa shape index (κ3) is 7.41. The van der Waals surface area contributed by atoms with Crippen molar-refractivity contribution in [2.75, 3.05) is 6.61 Å². The maximum absolute atomic E-state index is 14.6. The Morgan fingerprint density at radius 2 is 1.69 bits per heavy atom. The maximum atomic E-state index is 14.6. The number of rotatable bonds is 11. The van der Waals surface area contributed by atoms with Crippen LogP contribution in [0.25, 0.3) is 0 Å². The highest BCUT2D eigenvalue weighted by Gasteiger charge is 2.31. The van der Waals surface area contributed by atoms with Gasteiger partial charge in [-0.2, -0.15) is 0 Å². The Bertz CT molecular complexity index is 1170. The number of amides is 2. The average molecular weight is 491 g/mol. The fourth-order valence-electron chi connectivity index (χ4n) is 3.99. The molecule has 0 radical (unpaired) electrons. The second kappa shape index (κ2) is 12.9. The van der Waals surface area contributed by atoms with Crippen molar-refractivity contribution in [3.8, 4) is 5.75 Å². The Balaban J connectivity index is 1.93. The molecular formula is C30H35FN2O3. The molecule has 2 amide bonds. The van der Waals surface area contributed by atoms with Gasteiger partial charge in [0.25, 0.3) is 5.91 Å². The summed E-state index contributed by atoms with van der Waals surface area (Å²) in [6.07, 6.45) is 1.05. The highest BCUT2D eigenvalue weighted by atomic mass is 19.1. The molecule has 0 aliphatic heterocycles. The quantitative estimate of drug-likeness (QED) is 0.393. The van der Waals surface area contributed by atoms with Crippen molar-refractivity contribution in [3.63, 3.8) is 0 Å². The minimum atomic E-state index is -0.837. The van der Waals surface area contributed by atoms with E-state index in [1.807, 2.05) is 76.2 Å². The summed E-state index contributed by atoms with van der Waals surface area (Å²) in [4.78, 5) is 28.5. The minimum Gasteiger partial charge on any atom is -0.483 e. The number of carbonyl (C=O) groups excluding carboxylic acids is 2. The molecule has 0 aromatic heterocycles. The molecule has 0 fully saturated rings. The molecule has 3 rings (SSSR count). The summed E-state index contributed by atoms with van der Waals surface area (Å²) in [6, 6.07) is 20.7. The molecule has 3 aromatic rings. The lowest BCUT2D eigenvalue weighted by Crippen LogP contribution is -2.53. The molecule has 2 atom stereocenters. The second-order valence-corrected chi connectivity index (χ2v) is 9.19. The van der Waals surface area contributed by atoms with E-state index in [-0.39, 0.29) is 25.1 Å². The Kier molecular flexibility index (Phi) is 9.62. The van der Waals surface area contributed by atoms with Crippen molar-refractivity contribution in [2.45, 2.75) is 59.2 Å². The molecule has 0 unspecified atom stereocenters. The lowest BCUT2D eigenvalue weighted by Gasteiger charge is -2.32. The molecule has 5 nitrogen and oxygen atoms in total. The Morgan fingerprint density at radius 1 is 1.00 bits per heavy atom. The van der Waals surface area contributed by atoms with Crippen LogP contribution in [0.5, 0.6) is 5.75 Å². The van der Waals surface area contributed by atoms with Gasteiger partial charge >= 0.3 is 0 Å². The van der Waals surface area contributed by atoms with E-state index in [9.17, 15) is 14.0 Å². The fourth-order valence-corrected chi connectivity index (χ4v) is 3.99. The first-order valence-electron chi connectivity index (χ1n) is 12.4. The van der Waals surface area contributed by atoms with Crippen molar-refractivity contribution in [1.29, 1.82) is 0 Å². The lowest BCUT2D eigenvalue weighted by molar-refractivity contribution is -0.143. The molecule has 0 saturated heterocycles. The summed E-state index contributed by atoms with van der Waals surface area (Å²) in [6.45, 7) is 7.50. The molecule has 0 spiro atoms. The molecule has 3 aromatic carbocycles. The predicted octanol–water partition coefficient (Wildman–Crippen LogP) is 5.38. The van der Waals surface area contributed by atoms with Crippen LogP contribution in [-0.2, 0) is 22.6 Å². The van der Waals surface area contributed by atoms with Gasteiger partial charge in [0.05, 0.1) is 0 Å². The number of halogens is 1. The lowest BCUT2D eigenvalue weighted by atomic mass is 10.0. The number of carbonyl (C=O) groups is 2. The van der Waals surface area contributed by atoms with E-state index < -0.39 is 17.8 Å². The standard InChI is InChI=1S/C30H35FN2O3/c1-5-23(4)32-30(35)27(18-24-11-7-6-8-12-24)33(19-25-13-9-10-14-26(25)31)29(34)20-36-28-16-15-21(2)17-22(28)3/h6-17,23,27H,5,18-20H2,1-4H3,(H,32,35)/t23-,27+/m1/s1. The molecule has 6 heteroatoms. The van der Waals surface area contributed by atoms with Crippen molar-refractivity contribution in [3.05, 3.63) is 101 Å². The van der Waals surface area contributed by atoms with Gasteiger partial charge < -0.3 is 15.0 Å². The third-order valence-corrected chi connectivity index (χ3v) is 6.25. The van der Waals surface area contributed by atoms with Crippen LogP contribution < -0.4 is 10.1 Å². The van der Waals surface area contributed by atoms with Crippen LogP contribution in [0.2, 0.25) is 0 Å².